The second-order valence-corrected chi connectivity index (χ2v) is 0.781. The first kappa shape index (κ1) is 15.7. The Morgan fingerprint density at radius 1 is 1.14 bits per heavy atom. The van der Waals surface area contributed by atoms with Gasteiger partial charge < -0.3 is 4.74 Å². The molecule has 0 unspecified atom stereocenters. The van der Waals surface area contributed by atoms with Crippen molar-refractivity contribution in [2.75, 3.05) is 13.2 Å². The molecule has 0 fully saturated rings. The van der Waals surface area contributed by atoms with E-state index < -0.39 is 0 Å². The standard InChI is InChI=1S/C4H10O.ClH.Fe/c1-3-5-4-2;;/h3-4H2,1-2H3;1H;. The minimum Gasteiger partial charge on any atom is -0.382 e. The van der Waals surface area contributed by atoms with Crippen LogP contribution in [0.5, 0.6) is 0 Å². The van der Waals surface area contributed by atoms with Crippen LogP contribution in [0, 0.1) is 0 Å². The van der Waals surface area contributed by atoms with E-state index in [2.05, 4.69) is 0 Å². The van der Waals surface area contributed by atoms with Gasteiger partial charge in [-0.1, -0.05) is 0 Å². The largest absolute Gasteiger partial charge is 0.382 e. The molecule has 0 bridgehead atoms. The summed E-state index contributed by atoms with van der Waals surface area (Å²) in [5, 5.41) is 0. The monoisotopic (exact) mass is 166 g/mol. The van der Waals surface area contributed by atoms with E-state index in [1.54, 1.807) is 0 Å². The van der Waals surface area contributed by atoms with Gasteiger partial charge in [-0.05, 0) is 13.8 Å². The molecule has 0 aliphatic carbocycles. The Hall–Kier alpha value is 0.769. The predicted molar refractivity (Wildman–Crippen MR) is 29.4 cm³/mol. The topological polar surface area (TPSA) is 9.23 Å². The molecule has 0 aromatic heterocycles. The van der Waals surface area contributed by atoms with Gasteiger partial charge in [-0.15, -0.1) is 12.4 Å². The summed E-state index contributed by atoms with van der Waals surface area (Å²) in [5.41, 5.74) is 0. The zero-order chi connectivity index (χ0) is 4.12. The third kappa shape index (κ3) is 20.1. The maximum atomic E-state index is 4.83. The molecular weight excluding hydrogens is 155 g/mol. The number of hydrogen-bond donors (Lipinski definition) is 0. The third-order valence-electron chi connectivity index (χ3n) is 0.408. The number of hydrogen-bond acceptors (Lipinski definition) is 1. The number of halogens is 1. The Bertz CT molecular complexity index is 19.2. The van der Waals surface area contributed by atoms with Crippen LogP contribution in [0.3, 0.4) is 0 Å². The first-order valence-corrected chi connectivity index (χ1v) is 1.99. The van der Waals surface area contributed by atoms with Crippen LogP contribution in [0.25, 0.3) is 0 Å². The van der Waals surface area contributed by atoms with Gasteiger partial charge in [-0.25, -0.2) is 0 Å². The minimum absolute atomic E-state index is 0. The number of rotatable bonds is 2. The van der Waals surface area contributed by atoms with E-state index in [-0.39, 0.29) is 29.5 Å². The molecule has 0 N–H and O–H groups in total. The summed E-state index contributed by atoms with van der Waals surface area (Å²) >= 11 is 0. The van der Waals surface area contributed by atoms with E-state index in [1.807, 2.05) is 13.8 Å². The fourth-order valence-corrected chi connectivity index (χ4v) is 0.204. The van der Waals surface area contributed by atoms with Crippen LogP contribution >= 0.6 is 12.4 Å². The van der Waals surface area contributed by atoms with E-state index >= 15 is 0 Å². The first-order chi connectivity index (χ1) is 2.41. The van der Waals surface area contributed by atoms with Crippen LogP contribution in [0.4, 0.5) is 0 Å². The summed E-state index contributed by atoms with van der Waals surface area (Å²) in [5.74, 6) is 0. The Kier molecular flexibility index (Phi) is 35.5. The molecule has 0 heterocycles. The molecule has 0 saturated carbocycles. The van der Waals surface area contributed by atoms with Crippen LogP contribution in [-0.4, -0.2) is 13.2 Å². The number of ether oxygens (including phenoxy) is 1. The SMILES string of the molecule is CCOCC.Cl.[Fe]. The van der Waals surface area contributed by atoms with E-state index in [0.29, 0.717) is 0 Å². The zero-order valence-electron chi connectivity index (χ0n) is 4.58. The van der Waals surface area contributed by atoms with Gasteiger partial charge >= 0.3 is 0 Å². The summed E-state index contributed by atoms with van der Waals surface area (Å²) in [6, 6.07) is 0. The fraction of sp³-hybridized carbons (Fsp3) is 1.00. The molecule has 0 aromatic carbocycles. The Labute approximate surface area is 61.7 Å². The molecule has 0 aliphatic rings. The molecular formula is C4H11ClFeO. The molecule has 0 amide bonds. The van der Waals surface area contributed by atoms with E-state index in [9.17, 15) is 0 Å². The van der Waals surface area contributed by atoms with Gasteiger partial charge in [0.25, 0.3) is 0 Å². The van der Waals surface area contributed by atoms with Gasteiger partial charge in [0.2, 0.25) is 0 Å². The Morgan fingerprint density at radius 3 is 1.43 bits per heavy atom. The van der Waals surface area contributed by atoms with Crippen LogP contribution in [0.2, 0.25) is 0 Å². The average Bonchev–Trinajstić information content (AvgIpc) is 1.41. The average molecular weight is 166 g/mol. The van der Waals surface area contributed by atoms with Crippen molar-refractivity contribution in [3.8, 4) is 0 Å². The second kappa shape index (κ2) is 15.9. The summed E-state index contributed by atoms with van der Waals surface area (Å²) in [7, 11) is 0. The molecule has 0 rings (SSSR count). The molecule has 0 aliphatic heterocycles. The second-order valence-electron chi connectivity index (χ2n) is 0.781. The molecule has 0 spiro atoms. The summed E-state index contributed by atoms with van der Waals surface area (Å²) < 4.78 is 4.83. The van der Waals surface area contributed by atoms with E-state index in [0.717, 1.165) is 13.2 Å². The van der Waals surface area contributed by atoms with Crippen molar-refractivity contribution in [2.24, 2.45) is 0 Å². The van der Waals surface area contributed by atoms with Gasteiger partial charge in [0.05, 0.1) is 0 Å². The quantitative estimate of drug-likeness (QED) is 0.565. The normalized spacial score (nSPS) is 6.00. The molecule has 0 atom stereocenters. The van der Waals surface area contributed by atoms with Crippen molar-refractivity contribution >= 4 is 12.4 Å². The van der Waals surface area contributed by atoms with Crippen LogP contribution in [-0.2, 0) is 21.8 Å². The smallest absolute Gasteiger partial charge is 0.0437 e. The van der Waals surface area contributed by atoms with E-state index in [4.69, 9.17) is 4.74 Å². The van der Waals surface area contributed by atoms with Gasteiger partial charge in [0, 0.05) is 30.3 Å². The van der Waals surface area contributed by atoms with Crippen LogP contribution in [0.1, 0.15) is 13.8 Å². The first-order valence-electron chi connectivity index (χ1n) is 1.99. The molecule has 48 valence electrons. The van der Waals surface area contributed by atoms with Crippen molar-refractivity contribution in [1.82, 2.24) is 0 Å². The fourth-order valence-electron chi connectivity index (χ4n) is 0.204. The van der Waals surface area contributed by atoms with E-state index in [1.165, 1.54) is 0 Å². The molecule has 3 heteroatoms. The molecule has 0 radical (unpaired) electrons. The summed E-state index contributed by atoms with van der Waals surface area (Å²) in [6.45, 7) is 5.67. The van der Waals surface area contributed by atoms with Crippen LogP contribution in [0.15, 0.2) is 0 Å². The summed E-state index contributed by atoms with van der Waals surface area (Å²) in [4.78, 5) is 0. The van der Waals surface area contributed by atoms with Crippen molar-refractivity contribution < 1.29 is 21.8 Å². The third-order valence-corrected chi connectivity index (χ3v) is 0.408. The summed E-state index contributed by atoms with van der Waals surface area (Å²) in [6.07, 6.45) is 0. The van der Waals surface area contributed by atoms with Crippen molar-refractivity contribution in [1.29, 1.82) is 0 Å². The van der Waals surface area contributed by atoms with Gasteiger partial charge in [0.15, 0.2) is 0 Å². The van der Waals surface area contributed by atoms with Gasteiger partial charge in [-0.3, -0.25) is 0 Å². The molecule has 7 heavy (non-hydrogen) atoms. The van der Waals surface area contributed by atoms with Crippen molar-refractivity contribution in [3.63, 3.8) is 0 Å². The zero-order valence-corrected chi connectivity index (χ0v) is 6.50. The predicted octanol–water partition coefficient (Wildman–Crippen LogP) is 1.46. The maximum Gasteiger partial charge on any atom is 0.0437 e. The van der Waals surface area contributed by atoms with Crippen molar-refractivity contribution in [2.45, 2.75) is 13.8 Å². The maximum absolute atomic E-state index is 4.83. The Morgan fingerprint density at radius 2 is 1.43 bits per heavy atom. The van der Waals surface area contributed by atoms with Crippen molar-refractivity contribution in [3.05, 3.63) is 0 Å². The van der Waals surface area contributed by atoms with Crippen LogP contribution < -0.4 is 0 Å². The molecule has 0 saturated heterocycles. The van der Waals surface area contributed by atoms with Gasteiger partial charge in [0.1, 0.15) is 0 Å². The Balaban J connectivity index is -0.0000000800. The minimum atomic E-state index is 0. The molecule has 0 aromatic rings. The molecule has 1 nitrogen and oxygen atoms in total. The van der Waals surface area contributed by atoms with Gasteiger partial charge in [-0.2, -0.15) is 0 Å².